The summed E-state index contributed by atoms with van der Waals surface area (Å²) in [4.78, 5) is 14.0. The molecule has 2 aliphatic rings. The van der Waals surface area contributed by atoms with Crippen LogP contribution in [0.4, 0.5) is 4.79 Å². The molecule has 1 N–H and O–H groups in total. The van der Waals surface area contributed by atoms with E-state index < -0.39 is 5.60 Å². The minimum Gasteiger partial charge on any atom is -0.444 e. The zero-order chi connectivity index (χ0) is 14.6. The largest absolute Gasteiger partial charge is 0.444 e. The Balaban J connectivity index is 1.80. The molecule has 4 nitrogen and oxygen atoms in total. The summed E-state index contributed by atoms with van der Waals surface area (Å²) in [6.45, 7) is 8.21. The second-order valence-corrected chi connectivity index (χ2v) is 7.32. The van der Waals surface area contributed by atoms with Gasteiger partial charge >= 0.3 is 6.09 Å². The van der Waals surface area contributed by atoms with Gasteiger partial charge in [0.1, 0.15) is 5.60 Å². The molecular weight excluding hydrogens is 252 g/mol. The number of carbonyl (C=O) groups is 1. The molecule has 1 aliphatic heterocycles. The van der Waals surface area contributed by atoms with E-state index >= 15 is 0 Å². The van der Waals surface area contributed by atoms with Crippen LogP contribution in [0.25, 0.3) is 0 Å². The zero-order valence-electron chi connectivity index (χ0n) is 13.3. The highest BCUT2D eigenvalue weighted by atomic mass is 16.6. The van der Waals surface area contributed by atoms with Crippen molar-refractivity contribution in [1.29, 1.82) is 0 Å². The Labute approximate surface area is 123 Å². The highest BCUT2D eigenvalue weighted by Gasteiger charge is 2.28. The summed E-state index contributed by atoms with van der Waals surface area (Å²) in [5, 5.41) is 3.56. The first kappa shape index (κ1) is 15.6. The van der Waals surface area contributed by atoms with Gasteiger partial charge in [-0.2, -0.15) is 0 Å². The lowest BCUT2D eigenvalue weighted by molar-refractivity contribution is 0.0184. The Hall–Kier alpha value is -0.770. The fourth-order valence-corrected chi connectivity index (χ4v) is 3.30. The lowest BCUT2D eigenvalue weighted by Gasteiger charge is -2.36. The van der Waals surface area contributed by atoms with Gasteiger partial charge < -0.3 is 15.0 Å². The minimum atomic E-state index is -0.402. The molecule has 2 rings (SSSR count). The predicted octanol–water partition coefficient (Wildman–Crippen LogP) is 3.17. The van der Waals surface area contributed by atoms with Gasteiger partial charge in [-0.15, -0.1) is 0 Å². The van der Waals surface area contributed by atoms with Crippen LogP contribution in [0.3, 0.4) is 0 Å². The molecule has 0 aromatic rings. The summed E-state index contributed by atoms with van der Waals surface area (Å²) in [6.07, 6.45) is 7.95. The fraction of sp³-hybridized carbons (Fsp3) is 0.938. The van der Waals surface area contributed by atoms with Crippen LogP contribution in [-0.4, -0.2) is 42.3 Å². The lowest BCUT2D eigenvalue weighted by atomic mass is 9.84. The first-order valence-electron chi connectivity index (χ1n) is 8.15. The third kappa shape index (κ3) is 4.97. The van der Waals surface area contributed by atoms with E-state index in [0.29, 0.717) is 6.04 Å². The van der Waals surface area contributed by atoms with Gasteiger partial charge in [0, 0.05) is 25.7 Å². The lowest BCUT2D eigenvalue weighted by Crippen LogP contribution is -2.54. The molecule has 2 fully saturated rings. The van der Waals surface area contributed by atoms with Crippen LogP contribution in [0.1, 0.15) is 59.3 Å². The second kappa shape index (κ2) is 6.79. The van der Waals surface area contributed by atoms with Crippen molar-refractivity contribution in [3.05, 3.63) is 0 Å². The molecule has 116 valence electrons. The summed E-state index contributed by atoms with van der Waals surface area (Å²) in [5.74, 6) is 0.847. The van der Waals surface area contributed by atoms with E-state index in [1.54, 1.807) is 0 Å². The molecule has 0 spiro atoms. The number of hydrogen-bond donors (Lipinski definition) is 1. The van der Waals surface area contributed by atoms with Crippen molar-refractivity contribution in [3.8, 4) is 0 Å². The van der Waals surface area contributed by atoms with Crippen molar-refractivity contribution in [1.82, 2.24) is 10.2 Å². The molecule has 1 amide bonds. The summed E-state index contributed by atoms with van der Waals surface area (Å²) in [5.41, 5.74) is -0.402. The van der Waals surface area contributed by atoms with Crippen LogP contribution >= 0.6 is 0 Å². The average Bonchev–Trinajstić information content (AvgIpc) is 2.38. The second-order valence-electron chi connectivity index (χ2n) is 7.32. The molecule has 0 radical (unpaired) electrons. The van der Waals surface area contributed by atoms with Crippen LogP contribution in [0.5, 0.6) is 0 Å². The summed E-state index contributed by atoms with van der Waals surface area (Å²) >= 11 is 0. The third-order valence-electron chi connectivity index (χ3n) is 4.25. The Morgan fingerprint density at radius 2 is 1.95 bits per heavy atom. The van der Waals surface area contributed by atoms with E-state index in [2.05, 4.69) is 5.32 Å². The van der Waals surface area contributed by atoms with Gasteiger partial charge in [0.25, 0.3) is 0 Å². The van der Waals surface area contributed by atoms with Crippen molar-refractivity contribution in [2.24, 2.45) is 5.92 Å². The summed E-state index contributed by atoms with van der Waals surface area (Å²) in [7, 11) is 0. The van der Waals surface area contributed by atoms with Gasteiger partial charge in [-0.1, -0.05) is 32.1 Å². The van der Waals surface area contributed by atoms with Crippen LogP contribution < -0.4 is 5.32 Å². The zero-order valence-corrected chi connectivity index (χ0v) is 13.3. The topological polar surface area (TPSA) is 41.6 Å². The quantitative estimate of drug-likeness (QED) is 0.846. The first-order valence-corrected chi connectivity index (χ1v) is 8.15. The van der Waals surface area contributed by atoms with Crippen molar-refractivity contribution in [2.45, 2.75) is 70.9 Å². The number of nitrogens with one attached hydrogen (secondary N) is 1. The molecule has 4 heteroatoms. The Bertz CT molecular complexity index is 319. The van der Waals surface area contributed by atoms with Crippen LogP contribution in [0, 0.1) is 5.92 Å². The number of carbonyl (C=O) groups excluding carboxylic acids is 1. The van der Waals surface area contributed by atoms with E-state index in [-0.39, 0.29) is 6.09 Å². The van der Waals surface area contributed by atoms with Gasteiger partial charge in [0.05, 0.1) is 0 Å². The number of ether oxygens (including phenoxy) is 1. The molecule has 20 heavy (non-hydrogen) atoms. The van der Waals surface area contributed by atoms with Gasteiger partial charge in [-0.25, -0.2) is 4.79 Å². The summed E-state index contributed by atoms with van der Waals surface area (Å²) < 4.78 is 5.47. The molecule has 0 bridgehead atoms. The molecular formula is C16H30N2O2. The van der Waals surface area contributed by atoms with Gasteiger partial charge in [-0.05, 0) is 33.1 Å². The van der Waals surface area contributed by atoms with E-state index in [1.807, 2.05) is 25.7 Å². The third-order valence-corrected chi connectivity index (χ3v) is 4.25. The van der Waals surface area contributed by atoms with Crippen molar-refractivity contribution in [3.63, 3.8) is 0 Å². The number of nitrogens with zero attached hydrogens (tertiary/aromatic N) is 1. The highest BCUT2D eigenvalue weighted by Crippen LogP contribution is 2.28. The van der Waals surface area contributed by atoms with Crippen LogP contribution in [-0.2, 0) is 4.74 Å². The number of hydrogen-bond acceptors (Lipinski definition) is 3. The highest BCUT2D eigenvalue weighted by molar-refractivity contribution is 5.68. The van der Waals surface area contributed by atoms with Crippen molar-refractivity contribution < 1.29 is 9.53 Å². The van der Waals surface area contributed by atoms with E-state index in [4.69, 9.17) is 4.74 Å². The van der Waals surface area contributed by atoms with Crippen LogP contribution in [0.2, 0.25) is 0 Å². The van der Waals surface area contributed by atoms with Gasteiger partial charge in [-0.3, -0.25) is 0 Å². The van der Waals surface area contributed by atoms with Crippen molar-refractivity contribution in [2.75, 3.05) is 19.6 Å². The fourth-order valence-electron chi connectivity index (χ4n) is 3.30. The summed E-state index contributed by atoms with van der Waals surface area (Å²) in [6, 6.07) is 0.444. The van der Waals surface area contributed by atoms with Gasteiger partial charge in [0.15, 0.2) is 0 Å². The van der Waals surface area contributed by atoms with E-state index in [1.165, 1.54) is 38.5 Å². The van der Waals surface area contributed by atoms with Crippen LogP contribution in [0.15, 0.2) is 0 Å². The van der Waals surface area contributed by atoms with Crippen molar-refractivity contribution >= 4 is 6.09 Å². The predicted molar refractivity (Wildman–Crippen MR) is 80.8 cm³/mol. The van der Waals surface area contributed by atoms with E-state index in [0.717, 1.165) is 25.6 Å². The maximum atomic E-state index is 12.1. The Morgan fingerprint density at radius 3 is 2.60 bits per heavy atom. The maximum absolute atomic E-state index is 12.1. The molecule has 1 heterocycles. The Kier molecular flexibility index (Phi) is 5.30. The average molecular weight is 282 g/mol. The molecule has 0 aromatic carbocycles. The normalized spacial score (nSPS) is 25.6. The molecule has 1 saturated heterocycles. The maximum Gasteiger partial charge on any atom is 0.410 e. The minimum absolute atomic E-state index is 0.160. The molecule has 0 aromatic heterocycles. The number of rotatable bonds is 2. The molecule has 1 aliphatic carbocycles. The Morgan fingerprint density at radius 1 is 1.25 bits per heavy atom. The van der Waals surface area contributed by atoms with E-state index in [9.17, 15) is 4.79 Å². The SMILES string of the molecule is CC(C)(C)OC(=O)N1CCNC(CC2CCCCC2)C1. The molecule has 1 saturated carbocycles. The van der Waals surface area contributed by atoms with Gasteiger partial charge in [0.2, 0.25) is 0 Å². The molecule has 1 unspecified atom stereocenters. The number of amides is 1. The monoisotopic (exact) mass is 282 g/mol. The first-order chi connectivity index (χ1) is 9.44. The number of piperazine rings is 1. The smallest absolute Gasteiger partial charge is 0.410 e. The standard InChI is InChI=1S/C16H30N2O2/c1-16(2,3)20-15(19)18-10-9-17-14(12-18)11-13-7-5-4-6-8-13/h13-14,17H,4-12H2,1-3H3. The molecule has 1 atom stereocenters.